The van der Waals surface area contributed by atoms with E-state index in [9.17, 15) is 22.8 Å². The molecule has 0 fully saturated rings. The lowest BCUT2D eigenvalue weighted by molar-refractivity contribution is 0.0959. The van der Waals surface area contributed by atoms with E-state index >= 15 is 0 Å². The molecule has 0 aliphatic carbocycles. The van der Waals surface area contributed by atoms with Gasteiger partial charge < -0.3 is 10.6 Å². The molecule has 0 heterocycles. The number of halogens is 3. The fourth-order valence-electron chi connectivity index (χ4n) is 2.38. The zero-order valence-corrected chi connectivity index (χ0v) is 14.3. The van der Waals surface area contributed by atoms with Gasteiger partial charge in [-0.05, 0) is 60.7 Å². The van der Waals surface area contributed by atoms with Crippen molar-refractivity contribution in [3.63, 3.8) is 0 Å². The first-order valence-corrected chi connectivity index (χ1v) is 8.11. The number of hydrogen-bond donors (Lipinski definition) is 3. The summed E-state index contributed by atoms with van der Waals surface area (Å²) in [5.41, 5.74) is 0.875. The van der Waals surface area contributed by atoms with Gasteiger partial charge in [-0.3, -0.25) is 10.1 Å². The summed E-state index contributed by atoms with van der Waals surface area (Å²) in [4.78, 5) is 23.8. The van der Waals surface area contributed by atoms with Crippen molar-refractivity contribution in [3.8, 4) is 0 Å². The van der Waals surface area contributed by atoms with Crippen LogP contribution in [-0.2, 0) is 0 Å². The van der Waals surface area contributed by atoms with E-state index in [0.717, 1.165) is 18.2 Å². The Morgan fingerprint density at radius 1 is 0.679 bits per heavy atom. The summed E-state index contributed by atoms with van der Waals surface area (Å²) in [6.07, 6.45) is 0. The molecule has 142 valence electrons. The monoisotopic (exact) mass is 385 g/mol. The van der Waals surface area contributed by atoms with Crippen LogP contribution >= 0.6 is 0 Å². The van der Waals surface area contributed by atoms with Crippen molar-refractivity contribution in [1.29, 1.82) is 0 Å². The second-order valence-electron chi connectivity index (χ2n) is 5.71. The Hall–Kier alpha value is -3.81. The van der Waals surface area contributed by atoms with Gasteiger partial charge in [0.15, 0.2) is 0 Å². The van der Waals surface area contributed by atoms with Gasteiger partial charge in [-0.15, -0.1) is 0 Å². The van der Waals surface area contributed by atoms with E-state index in [1.807, 2.05) is 5.32 Å². The molecular weight excluding hydrogens is 371 g/mol. The third-order valence-corrected chi connectivity index (χ3v) is 3.69. The second kappa shape index (κ2) is 8.26. The Labute approximate surface area is 158 Å². The molecule has 28 heavy (non-hydrogen) atoms. The van der Waals surface area contributed by atoms with E-state index in [4.69, 9.17) is 0 Å². The maximum Gasteiger partial charge on any atom is 0.326 e. The minimum absolute atomic E-state index is 0.346. The van der Waals surface area contributed by atoms with Gasteiger partial charge in [-0.1, -0.05) is 6.07 Å². The molecule has 0 bridgehead atoms. The van der Waals surface area contributed by atoms with Crippen LogP contribution in [0.25, 0.3) is 0 Å². The molecule has 3 N–H and O–H groups in total. The summed E-state index contributed by atoms with van der Waals surface area (Å²) in [5.74, 6) is -3.67. The van der Waals surface area contributed by atoms with Crippen molar-refractivity contribution in [1.82, 2.24) is 5.32 Å². The SMILES string of the molecule is O=C(NC(=O)c1c(F)cccc1F)Nc1ccc(Nc2ccc(F)cc2)cc1. The van der Waals surface area contributed by atoms with Crippen LogP contribution in [-0.4, -0.2) is 11.9 Å². The van der Waals surface area contributed by atoms with Gasteiger partial charge >= 0.3 is 6.03 Å². The number of carbonyl (C=O) groups is 2. The average molecular weight is 385 g/mol. The Balaban J connectivity index is 1.60. The van der Waals surface area contributed by atoms with Crippen molar-refractivity contribution < 1.29 is 22.8 Å². The summed E-state index contributed by atoms with van der Waals surface area (Å²) < 4.78 is 40.0. The maximum absolute atomic E-state index is 13.6. The van der Waals surface area contributed by atoms with E-state index < -0.39 is 29.1 Å². The van der Waals surface area contributed by atoms with E-state index in [1.165, 1.54) is 12.1 Å². The predicted molar refractivity (Wildman–Crippen MR) is 99.0 cm³/mol. The zero-order valence-electron chi connectivity index (χ0n) is 14.3. The molecule has 3 aromatic carbocycles. The molecule has 3 amide bonds. The highest BCUT2D eigenvalue weighted by molar-refractivity contribution is 6.08. The minimum atomic E-state index is -1.19. The number of rotatable bonds is 4. The number of benzene rings is 3. The number of amides is 3. The first-order valence-electron chi connectivity index (χ1n) is 8.11. The summed E-state index contributed by atoms with van der Waals surface area (Å²) in [6.45, 7) is 0. The lowest BCUT2D eigenvalue weighted by Gasteiger charge is -2.10. The van der Waals surface area contributed by atoms with Crippen LogP contribution in [0.4, 0.5) is 35.0 Å². The van der Waals surface area contributed by atoms with Gasteiger partial charge in [0.1, 0.15) is 23.0 Å². The van der Waals surface area contributed by atoms with Gasteiger partial charge in [0.2, 0.25) is 0 Å². The smallest absolute Gasteiger partial charge is 0.326 e. The molecule has 0 radical (unpaired) electrons. The first kappa shape index (κ1) is 19.0. The highest BCUT2D eigenvalue weighted by Gasteiger charge is 2.19. The van der Waals surface area contributed by atoms with Crippen molar-refractivity contribution in [2.24, 2.45) is 0 Å². The standard InChI is InChI=1S/C20H14F3N3O2/c21-12-4-6-13(7-5-12)24-14-8-10-15(11-9-14)25-20(28)26-19(27)18-16(22)2-1-3-17(18)23/h1-11,24H,(H2,25,26,27,28). The Morgan fingerprint density at radius 3 is 1.75 bits per heavy atom. The van der Waals surface area contributed by atoms with Gasteiger partial charge in [-0.2, -0.15) is 0 Å². The molecule has 3 rings (SSSR count). The molecule has 0 atom stereocenters. The van der Waals surface area contributed by atoms with Crippen LogP contribution in [0.3, 0.4) is 0 Å². The van der Waals surface area contributed by atoms with Crippen LogP contribution in [0.15, 0.2) is 66.7 Å². The van der Waals surface area contributed by atoms with Crippen LogP contribution in [0.2, 0.25) is 0 Å². The number of hydrogen-bond acceptors (Lipinski definition) is 3. The van der Waals surface area contributed by atoms with E-state index in [0.29, 0.717) is 17.1 Å². The van der Waals surface area contributed by atoms with Gasteiger partial charge in [0, 0.05) is 17.1 Å². The average Bonchev–Trinajstić information content (AvgIpc) is 2.65. The third-order valence-electron chi connectivity index (χ3n) is 3.69. The van der Waals surface area contributed by atoms with Crippen molar-refractivity contribution >= 4 is 29.0 Å². The molecule has 5 nitrogen and oxygen atoms in total. The third kappa shape index (κ3) is 4.67. The molecule has 0 aromatic heterocycles. The maximum atomic E-state index is 13.6. The lowest BCUT2D eigenvalue weighted by atomic mass is 10.2. The molecule has 0 saturated heterocycles. The normalized spacial score (nSPS) is 10.2. The first-order chi connectivity index (χ1) is 13.4. The van der Waals surface area contributed by atoms with Gasteiger partial charge in [-0.25, -0.2) is 18.0 Å². The van der Waals surface area contributed by atoms with Crippen LogP contribution < -0.4 is 16.0 Å². The van der Waals surface area contributed by atoms with E-state index in [2.05, 4.69) is 10.6 Å². The second-order valence-corrected chi connectivity index (χ2v) is 5.71. The highest BCUT2D eigenvalue weighted by atomic mass is 19.1. The predicted octanol–water partition coefficient (Wildman–Crippen LogP) is 4.81. The van der Waals surface area contributed by atoms with Crippen LogP contribution in [0, 0.1) is 17.5 Å². The van der Waals surface area contributed by atoms with E-state index in [-0.39, 0.29) is 5.82 Å². The van der Waals surface area contributed by atoms with Crippen molar-refractivity contribution in [2.45, 2.75) is 0 Å². The zero-order chi connectivity index (χ0) is 20.1. The van der Waals surface area contributed by atoms with Crippen molar-refractivity contribution in [3.05, 3.63) is 89.7 Å². The topological polar surface area (TPSA) is 70.2 Å². The quantitative estimate of drug-likeness (QED) is 0.604. The van der Waals surface area contributed by atoms with E-state index in [1.54, 1.807) is 36.4 Å². The number of urea groups is 1. The van der Waals surface area contributed by atoms with Crippen molar-refractivity contribution in [2.75, 3.05) is 10.6 Å². The Kier molecular flexibility index (Phi) is 5.59. The summed E-state index contributed by atoms with van der Waals surface area (Å²) in [5, 5.41) is 7.30. The number of nitrogens with one attached hydrogen (secondary N) is 3. The van der Waals surface area contributed by atoms with Gasteiger partial charge in [0.25, 0.3) is 5.91 Å². The number of imide groups is 1. The Morgan fingerprint density at radius 2 is 1.18 bits per heavy atom. The summed E-state index contributed by atoms with van der Waals surface area (Å²) >= 11 is 0. The van der Waals surface area contributed by atoms with Crippen LogP contribution in [0.1, 0.15) is 10.4 Å². The Bertz CT molecular complexity index is 986. The molecule has 8 heteroatoms. The lowest BCUT2D eigenvalue weighted by Crippen LogP contribution is -2.35. The minimum Gasteiger partial charge on any atom is -0.356 e. The fourth-order valence-corrected chi connectivity index (χ4v) is 2.38. The summed E-state index contributed by atoms with van der Waals surface area (Å²) in [6, 6.07) is 14.2. The molecule has 0 saturated carbocycles. The molecule has 0 spiro atoms. The molecule has 0 unspecified atom stereocenters. The summed E-state index contributed by atoms with van der Waals surface area (Å²) in [7, 11) is 0. The fraction of sp³-hybridized carbons (Fsp3) is 0. The molecule has 3 aromatic rings. The molecule has 0 aliphatic heterocycles. The highest BCUT2D eigenvalue weighted by Crippen LogP contribution is 2.19. The number of carbonyl (C=O) groups excluding carboxylic acids is 2. The molecular formula is C20H14F3N3O2. The van der Waals surface area contributed by atoms with Crippen LogP contribution in [0.5, 0.6) is 0 Å². The number of anilines is 3. The molecule has 0 aliphatic rings. The largest absolute Gasteiger partial charge is 0.356 e. The van der Waals surface area contributed by atoms with Gasteiger partial charge in [0.05, 0.1) is 0 Å².